The van der Waals surface area contributed by atoms with Crippen molar-refractivity contribution in [2.45, 2.75) is 32.5 Å². The van der Waals surface area contributed by atoms with Crippen LogP contribution in [-0.2, 0) is 21.0 Å². The quantitative estimate of drug-likeness (QED) is 0.345. The Balaban J connectivity index is 2.18. The monoisotopic (exact) mass is 506 g/mol. The predicted octanol–water partition coefficient (Wildman–Crippen LogP) is 4.46. The fourth-order valence-corrected chi connectivity index (χ4v) is 3.35. The number of rotatable bonds is 9. The van der Waals surface area contributed by atoms with Gasteiger partial charge in [-0.1, -0.05) is 6.92 Å². The van der Waals surface area contributed by atoms with Crippen LogP contribution in [0.2, 0.25) is 0 Å². The van der Waals surface area contributed by atoms with Gasteiger partial charge in [0.05, 0.1) is 12.3 Å². The first-order chi connectivity index (χ1) is 15.7. The molecule has 3 N–H and O–H groups in total. The third-order valence-corrected chi connectivity index (χ3v) is 4.96. The maximum Gasteiger partial charge on any atom is 0.433 e. The summed E-state index contributed by atoms with van der Waals surface area (Å²) in [6.07, 6.45) is -0.957. The van der Waals surface area contributed by atoms with Crippen molar-refractivity contribution in [2.24, 2.45) is 0 Å². The van der Waals surface area contributed by atoms with E-state index in [1.165, 1.54) is 19.1 Å². The number of halogens is 5. The molecule has 0 fully saturated rings. The summed E-state index contributed by atoms with van der Waals surface area (Å²) in [5.41, 5.74) is -1.67. The zero-order valence-electron chi connectivity index (χ0n) is 18.4. The van der Waals surface area contributed by atoms with Crippen molar-refractivity contribution in [1.29, 1.82) is 0 Å². The van der Waals surface area contributed by atoms with E-state index in [-0.39, 0.29) is 16.9 Å². The van der Waals surface area contributed by atoms with Gasteiger partial charge in [0.2, 0.25) is 15.9 Å². The van der Waals surface area contributed by atoms with E-state index in [1.807, 2.05) is 6.92 Å². The summed E-state index contributed by atoms with van der Waals surface area (Å²) in [6.45, 7) is 3.62. The Morgan fingerprint density at radius 1 is 1.18 bits per heavy atom. The minimum Gasteiger partial charge on any atom is -0.370 e. The highest BCUT2D eigenvalue weighted by molar-refractivity contribution is 7.92. The van der Waals surface area contributed by atoms with E-state index in [0.29, 0.717) is 13.0 Å². The van der Waals surface area contributed by atoms with Gasteiger partial charge in [0.1, 0.15) is 17.2 Å². The summed E-state index contributed by atoms with van der Waals surface area (Å²) in [5, 5.41) is 5.24. The number of hydrogen-bond acceptors (Lipinski definition) is 5. The summed E-state index contributed by atoms with van der Waals surface area (Å²) in [6, 6.07) is 2.82. The van der Waals surface area contributed by atoms with Crippen LogP contribution in [0.15, 0.2) is 30.3 Å². The van der Waals surface area contributed by atoms with Gasteiger partial charge < -0.3 is 10.6 Å². The van der Waals surface area contributed by atoms with Gasteiger partial charge >= 0.3 is 6.18 Å². The number of alkyl halides is 3. The summed E-state index contributed by atoms with van der Waals surface area (Å²) in [5.74, 6) is -3.07. The first kappa shape index (κ1) is 27.0. The lowest BCUT2D eigenvalue weighted by Gasteiger charge is -2.15. The van der Waals surface area contributed by atoms with Crippen molar-refractivity contribution in [2.75, 3.05) is 22.8 Å². The third-order valence-electron chi connectivity index (χ3n) is 4.38. The molecule has 0 radical (unpaired) electrons. The molecule has 1 aromatic heterocycles. The zero-order chi connectivity index (χ0) is 25.7. The number of nitrogens with zero attached hydrogens (tertiary/aromatic N) is 1. The Bertz CT molecular complexity index is 1160. The Kier molecular flexibility index (Phi) is 8.59. The predicted molar refractivity (Wildman–Crippen MR) is 118 cm³/mol. The molecular formula is C21H23F5N4O3S. The molecule has 0 saturated heterocycles. The standard InChI is InChI=1S/C21H23F5N4O3S/c1-4-9-27-20-13(5-7-17(29-20)21(24,25)26)6-8-18(31)28-12(2)14-10-15(22)19(16(23)11-14)30-34(3,32)33/h5-8,10-12,30H,4,9H2,1-3H3,(H,27,29)(H,28,31)/b8-6-/t12-/m1/s1. The number of carbonyl (C=O) groups excluding carboxylic acids is 1. The van der Waals surface area contributed by atoms with Crippen molar-refractivity contribution in [1.82, 2.24) is 10.3 Å². The van der Waals surface area contributed by atoms with Gasteiger partial charge in [0, 0.05) is 18.2 Å². The maximum absolute atomic E-state index is 14.2. The first-order valence-electron chi connectivity index (χ1n) is 9.98. The molecule has 1 atom stereocenters. The molecule has 0 unspecified atom stereocenters. The number of aromatic nitrogens is 1. The number of nitrogens with one attached hydrogen (secondary N) is 3. The Morgan fingerprint density at radius 3 is 2.32 bits per heavy atom. The van der Waals surface area contributed by atoms with Crippen LogP contribution in [0.25, 0.3) is 6.08 Å². The second-order valence-electron chi connectivity index (χ2n) is 7.36. The SMILES string of the molecule is CCCNc1nc(C(F)(F)F)ccc1/C=C\C(=O)N[C@H](C)c1cc(F)c(NS(C)(=O)=O)c(F)c1. The number of benzene rings is 1. The smallest absolute Gasteiger partial charge is 0.370 e. The van der Waals surface area contributed by atoms with E-state index in [2.05, 4.69) is 15.6 Å². The van der Waals surface area contributed by atoms with Crippen molar-refractivity contribution in [3.63, 3.8) is 0 Å². The van der Waals surface area contributed by atoms with Crippen molar-refractivity contribution < 1.29 is 35.2 Å². The molecular weight excluding hydrogens is 483 g/mol. The lowest BCUT2D eigenvalue weighted by Crippen LogP contribution is -2.25. The molecule has 0 aliphatic rings. The van der Waals surface area contributed by atoms with Crippen molar-refractivity contribution >= 4 is 33.5 Å². The molecule has 0 bridgehead atoms. The molecule has 0 aliphatic carbocycles. The topological polar surface area (TPSA) is 100 Å². The highest BCUT2D eigenvalue weighted by atomic mass is 32.2. The molecule has 186 valence electrons. The molecule has 7 nitrogen and oxygen atoms in total. The lowest BCUT2D eigenvalue weighted by atomic mass is 10.1. The molecule has 13 heteroatoms. The summed E-state index contributed by atoms with van der Waals surface area (Å²) in [7, 11) is -3.91. The lowest BCUT2D eigenvalue weighted by molar-refractivity contribution is -0.141. The maximum atomic E-state index is 14.2. The van der Waals surface area contributed by atoms with Gasteiger partial charge in [0.25, 0.3) is 0 Å². The Hall–Kier alpha value is -3.22. The molecule has 1 heterocycles. The fraction of sp³-hybridized carbons (Fsp3) is 0.333. The number of amides is 1. The number of hydrogen-bond donors (Lipinski definition) is 3. The van der Waals surface area contributed by atoms with Gasteiger partial charge in [-0.05, 0) is 49.2 Å². The summed E-state index contributed by atoms with van der Waals surface area (Å²) < 4.78 is 91.4. The largest absolute Gasteiger partial charge is 0.433 e. The summed E-state index contributed by atoms with van der Waals surface area (Å²) in [4.78, 5) is 15.8. The van der Waals surface area contributed by atoms with Crippen LogP contribution in [0.5, 0.6) is 0 Å². The molecule has 0 aliphatic heterocycles. The summed E-state index contributed by atoms with van der Waals surface area (Å²) >= 11 is 0. The van der Waals surface area contributed by atoms with E-state index in [9.17, 15) is 35.2 Å². The van der Waals surface area contributed by atoms with Crippen LogP contribution in [0, 0.1) is 11.6 Å². The van der Waals surface area contributed by atoms with Crippen LogP contribution < -0.4 is 15.4 Å². The van der Waals surface area contributed by atoms with Crippen molar-refractivity contribution in [3.8, 4) is 0 Å². The van der Waals surface area contributed by atoms with E-state index >= 15 is 0 Å². The second-order valence-corrected chi connectivity index (χ2v) is 9.10. The van der Waals surface area contributed by atoms with Gasteiger partial charge in [-0.3, -0.25) is 9.52 Å². The van der Waals surface area contributed by atoms with Crippen LogP contribution in [0.3, 0.4) is 0 Å². The highest BCUT2D eigenvalue weighted by Gasteiger charge is 2.33. The first-order valence-corrected chi connectivity index (χ1v) is 11.9. The number of sulfonamides is 1. The molecule has 1 aromatic carbocycles. The van der Waals surface area contributed by atoms with Crippen LogP contribution >= 0.6 is 0 Å². The molecule has 0 saturated carbocycles. The molecule has 2 rings (SSSR count). The van der Waals surface area contributed by atoms with Crippen LogP contribution in [-0.4, -0.2) is 32.1 Å². The third kappa shape index (κ3) is 7.68. The fourth-order valence-electron chi connectivity index (χ4n) is 2.78. The van der Waals surface area contributed by atoms with Crippen molar-refractivity contribution in [3.05, 3.63) is 58.8 Å². The van der Waals surface area contributed by atoms with Gasteiger partial charge in [-0.15, -0.1) is 0 Å². The van der Waals surface area contributed by atoms with Gasteiger partial charge in [-0.25, -0.2) is 22.2 Å². The Morgan fingerprint density at radius 2 is 1.79 bits per heavy atom. The minimum atomic E-state index is -4.63. The number of pyridine rings is 1. The average molecular weight is 506 g/mol. The normalized spacial score (nSPS) is 13.1. The molecule has 34 heavy (non-hydrogen) atoms. The molecule has 1 amide bonds. The minimum absolute atomic E-state index is 0.0253. The van der Waals surface area contributed by atoms with E-state index in [4.69, 9.17) is 0 Å². The van der Waals surface area contributed by atoms with E-state index < -0.39 is 51.2 Å². The van der Waals surface area contributed by atoms with Gasteiger partial charge in [-0.2, -0.15) is 13.2 Å². The van der Waals surface area contributed by atoms with E-state index in [0.717, 1.165) is 30.5 Å². The average Bonchev–Trinajstić information content (AvgIpc) is 2.72. The Labute approximate surface area is 193 Å². The van der Waals surface area contributed by atoms with E-state index in [1.54, 1.807) is 4.72 Å². The number of carbonyl (C=O) groups is 1. The van der Waals surface area contributed by atoms with Crippen LogP contribution in [0.4, 0.5) is 33.5 Å². The molecule has 0 spiro atoms. The van der Waals surface area contributed by atoms with Gasteiger partial charge in [0.15, 0.2) is 11.6 Å². The number of anilines is 2. The van der Waals surface area contributed by atoms with Crippen LogP contribution in [0.1, 0.15) is 43.1 Å². The highest BCUT2D eigenvalue weighted by Crippen LogP contribution is 2.30. The zero-order valence-corrected chi connectivity index (χ0v) is 19.2. The molecule has 2 aromatic rings. The second kappa shape index (κ2) is 10.8.